The number of benzene rings is 1. The molecule has 1 aromatic carbocycles. The van der Waals surface area contributed by atoms with Gasteiger partial charge < -0.3 is 9.64 Å². The molecular weight excluding hydrogens is 393 g/mol. The van der Waals surface area contributed by atoms with Crippen LogP contribution in [0, 0.1) is 11.8 Å². The van der Waals surface area contributed by atoms with E-state index < -0.39 is 11.7 Å². The van der Waals surface area contributed by atoms with Crippen molar-refractivity contribution in [2.24, 2.45) is 11.8 Å². The highest BCUT2D eigenvalue weighted by molar-refractivity contribution is 5.80. The molecule has 0 N–H and O–H groups in total. The molecular formula is C23H31F3N2O2. The van der Waals surface area contributed by atoms with Gasteiger partial charge in [-0.3, -0.25) is 9.69 Å². The zero-order chi connectivity index (χ0) is 21.3. The van der Waals surface area contributed by atoms with Crippen LogP contribution >= 0.6 is 0 Å². The number of carbonyl (C=O) groups is 1. The van der Waals surface area contributed by atoms with Crippen molar-refractivity contribution in [2.75, 3.05) is 39.9 Å². The third-order valence-corrected chi connectivity index (χ3v) is 7.21. The van der Waals surface area contributed by atoms with Crippen LogP contribution in [0.25, 0.3) is 0 Å². The predicted octanol–water partition coefficient (Wildman–Crippen LogP) is 4.16. The van der Waals surface area contributed by atoms with Gasteiger partial charge >= 0.3 is 6.18 Å². The van der Waals surface area contributed by atoms with E-state index in [2.05, 4.69) is 4.90 Å². The van der Waals surface area contributed by atoms with E-state index >= 15 is 0 Å². The lowest BCUT2D eigenvalue weighted by molar-refractivity contribution is -0.137. The Morgan fingerprint density at radius 2 is 1.77 bits per heavy atom. The number of amides is 1. The standard InChI is InChI=1S/C23H31F3N2O2/c1-30-15-18-13-28(14-21(18)16-6-8-19(9-7-16)23(24,25)26)22(29)17-10-11-27(12-17)20-4-2-3-5-20/h6-9,17-18,20-21H,2-5,10-15H2,1H3/t17-,18+,21?/m0/s1. The van der Waals surface area contributed by atoms with Crippen molar-refractivity contribution < 1.29 is 22.7 Å². The number of likely N-dealkylation sites (tertiary alicyclic amines) is 2. The summed E-state index contributed by atoms with van der Waals surface area (Å²) in [4.78, 5) is 17.6. The topological polar surface area (TPSA) is 32.8 Å². The number of carbonyl (C=O) groups excluding carboxylic acids is 1. The van der Waals surface area contributed by atoms with Crippen molar-refractivity contribution in [2.45, 2.75) is 50.2 Å². The average Bonchev–Trinajstić information content (AvgIpc) is 3.47. The molecule has 1 saturated carbocycles. The molecule has 0 aromatic heterocycles. The van der Waals surface area contributed by atoms with Gasteiger partial charge in [0.15, 0.2) is 0 Å². The van der Waals surface area contributed by atoms with Crippen molar-refractivity contribution in [3.05, 3.63) is 35.4 Å². The molecule has 166 valence electrons. The van der Waals surface area contributed by atoms with Gasteiger partial charge in [0.25, 0.3) is 0 Å². The molecule has 7 heteroatoms. The third kappa shape index (κ3) is 4.52. The molecule has 1 amide bonds. The van der Waals surface area contributed by atoms with Gasteiger partial charge in [-0.15, -0.1) is 0 Å². The first-order chi connectivity index (χ1) is 14.4. The maximum atomic E-state index is 13.2. The van der Waals surface area contributed by atoms with Crippen LogP contribution < -0.4 is 0 Å². The highest BCUT2D eigenvalue weighted by Crippen LogP contribution is 2.37. The van der Waals surface area contributed by atoms with E-state index in [0.29, 0.717) is 25.7 Å². The molecule has 1 unspecified atom stereocenters. The van der Waals surface area contributed by atoms with Crippen molar-refractivity contribution in [3.8, 4) is 0 Å². The lowest BCUT2D eigenvalue weighted by Crippen LogP contribution is -2.37. The SMILES string of the molecule is COC[C@H]1CN(C(=O)[C@H]2CCN(C3CCCC3)C2)CC1c1ccc(C(F)(F)F)cc1. The van der Waals surface area contributed by atoms with E-state index in [1.54, 1.807) is 19.2 Å². The number of ether oxygens (including phenoxy) is 1. The minimum Gasteiger partial charge on any atom is -0.384 e. The van der Waals surface area contributed by atoms with Crippen LogP contribution in [0.15, 0.2) is 24.3 Å². The molecule has 0 spiro atoms. The zero-order valence-corrected chi connectivity index (χ0v) is 17.5. The van der Waals surface area contributed by atoms with Crippen LogP contribution in [-0.4, -0.2) is 61.6 Å². The van der Waals surface area contributed by atoms with E-state index in [-0.39, 0.29) is 23.7 Å². The first-order valence-corrected chi connectivity index (χ1v) is 11.1. The molecule has 3 fully saturated rings. The molecule has 2 heterocycles. The molecule has 3 atom stereocenters. The van der Waals surface area contributed by atoms with Crippen LogP contribution in [-0.2, 0) is 15.7 Å². The third-order valence-electron chi connectivity index (χ3n) is 7.21. The minimum absolute atomic E-state index is 0.00326. The second kappa shape index (κ2) is 8.87. The second-order valence-corrected chi connectivity index (χ2v) is 9.10. The van der Waals surface area contributed by atoms with Crippen LogP contribution in [0.1, 0.15) is 49.1 Å². The Hall–Kier alpha value is -1.60. The van der Waals surface area contributed by atoms with Gasteiger partial charge in [0.2, 0.25) is 5.91 Å². The summed E-state index contributed by atoms with van der Waals surface area (Å²) in [6, 6.07) is 6.03. The summed E-state index contributed by atoms with van der Waals surface area (Å²) in [6.07, 6.45) is 1.65. The molecule has 4 nitrogen and oxygen atoms in total. The van der Waals surface area contributed by atoms with Gasteiger partial charge in [-0.2, -0.15) is 13.2 Å². The lowest BCUT2D eigenvalue weighted by Gasteiger charge is -2.25. The fourth-order valence-corrected chi connectivity index (χ4v) is 5.58. The molecule has 0 bridgehead atoms. The average molecular weight is 425 g/mol. The molecule has 4 rings (SSSR count). The van der Waals surface area contributed by atoms with E-state index in [4.69, 9.17) is 4.74 Å². The Balaban J connectivity index is 1.42. The van der Waals surface area contributed by atoms with Gasteiger partial charge in [-0.25, -0.2) is 0 Å². The summed E-state index contributed by atoms with van der Waals surface area (Å²) in [5.41, 5.74) is 0.206. The first-order valence-electron chi connectivity index (χ1n) is 11.1. The summed E-state index contributed by atoms with van der Waals surface area (Å²) >= 11 is 0. The maximum Gasteiger partial charge on any atom is 0.416 e. The molecule has 2 saturated heterocycles. The lowest BCUT2D eigenvalue weighted by atomic mass is 9.89. The minimum atomic E-state index is -4.34. The monoisotopic (exact) mass is 424 g/mol. The summed E-state index contributed by atoms with van der Waals surface area (Å²) in [5, 5.41) is 0. The number of nitrogens with zero attached hydrogens (tertiary/aromatic N) is 2. The Morgan fingerprint density at radius 3 is 2.40 bits per heavy atom. The van der Waals surface area contributed by atoms with Gasteiger partial charge in [0.1, 0.15) is 0 Å². The van der Waals surface area contributed by atoms with E-state index in [1.165, 1.54) is 25.7 Å². The largest absolute Gasteiger partial charge is 0.416 e. The zero-order valence-electron chi connectivity index (χ0n) is 17.5. The Labute approximate surface area is 176 Å². The number of alkyl halides is 3. The second-order valence-electron chi connectivity index (χ2n) is 9.10. The normalized spacial score (nSPS) is 28.5. The molecule has 1 aliphatic carbocycles. The van der Waals surface area contributed by atoms with Crippen LogP contribution in [0.3, 0.4) is 0 Å². The number of rotatable bonds is 5. The summed E-state index contributed by atoms with van der Waals surface area (Å²) in [5.74, 6) is 0.345. The van der Waals surface area contributed by atoms with Crippen molar-refractivity contribution in [1.29, 1.82) is 0 Å². The fourth-order valence-electron chi connectivity index (χ4n) is 5.58. The summed E-state index contributed by atoms with van der Waals surface area (Å²) in [7, 11) is 1.63. The molecule has 3 aliphatic rings. The quantitative estimate of drug-likeness (QED) is 0.712. The Bertz CT molecular complexity index is 731. The van der Waals surface area contributed by atoms with Crippen molar-refractivity contribution >= 4 is 5.91 Å². The molecule has 30 heavy (non-hydrogen) atoms. The Morgan fingerprint density at radius 1 is 1.07 bits per heavy atom. The maximum absolute atomic E-state index is 13.2. The van der Waals surface area contributed by atoms with E-state index in [1.807, 2.05) is 4.90 Å². The van der Waals surface area contributed by atoms with Gasteiger partial charge in [0, 0.05) is 44.6 Å². The van der Waals surface area contributed by atoms with Crippen LogP contribution in [0.2, 0.25) is 0 Å². The van der Waals surface area contributed by atoms with Gasteiger partial charge in [0.05, 0.1) is 18.1 Å². The van der Waals surface area contributed by atoms with Gasteiger partial charge in [-0.05, 0) is 43.5 Å². The van der Waals surface area contributed by atoms with E-state index in [0.717, 1.165) is 37.2 Å². The molecule has 0 radical (unpaired) electrons. The molecule has 2 aliphatic heterocycles. The molecule has 1 aromatic rings. The predicted molar refractivity (Wildman–Crippen MR) is 108 cm³/mol. The number of hydrogen-bond donors (Lipinski definition) is 0. The summed E-state index contributed by atoms with van der Waals surface area (Å²) in [6.45, 7) is 3.50. The fraction of sp³-hybridized carbons (Fsp3) is 0.696. The van der Waals surface area contributed by atoms with Crippen molar-refractivity contribution in [3.63, 3.8) is 0 Å². The highest BCUT2D eigenvalue weighted by Gasteiger charge is 2.41. The van der Waals surface area contributed by atoms with Crippen LogP contribution in [0.5, 0.6) is 0 Å². The number of hydrogen-bond acceptors (Lipinski definition) is 3. The van der Waals surface area contributed by atoms with Gasteiger partial charge in [-0.1, -0.05) is 25.0 Å². The van der Waals surface area contributed by atoms with Crippen LogP contribution in [0.4, 0.5) is 13.2 Å². The van der Waals surface area contributed by atoms with E-state index in [9.17, 15) is 18.0 Å². The highest BCUT2D eigenvalue weighted by atomic mass is 19.4. The smallest absolute Gasteiger partial charge is 0.384 e. The Kier molecular flexibility index (Phi) is 6.39. The number of halogens is 3. The van der Waals surface area contributed by atoms with Crippen molar-refractivity contribution in [1.82, 2.24) is 9.80 Å². The number of methoxy groups -OCH3 is 1. The first kappa shape index (κ1) is 21.6. The summed E-state index contributed by atoms with van der Waals surface area (Å²) < 4.78 is 44.1.